The normalized spacial score (nSPS) is 10.7. The molecule has 1 N–H and O–H groups in total. The van der Waals surface area contributed by atoms with Gasteiger partial charge >= 0.3 is 0 Å². The van der Waals surface area contributed by atoms with Crippen molar-refractivity contribution in [2.24, 2.45) is 0 Å². The van der Waals surface area contributed by atoms with Gasteiger partial charge in [-0.1, -0.05) is 6.92 Å². The van der Waals surface area contributed by atoms with Crippen molar-refractivity contribution < 1.29 is 14.6 Å². The van der Waals surface area contributed by atoms with E-state index in [1.54, 1.807) is 17.0 Å². The van der Waals surface area contributed by atoms with E-state index in [1.807, 2.05) is 25.9 Å². The van der Waals surface area contributed by atoms with Crippen LogP contribution in [0.25, 0.3) is 0 Å². The first-order valence-corrected chi connectivity index (χ1v) is 6.80. The van der Waals surface area contributed by atoms with Gasteiger partial charge in [-0.2, -0.15) is 0 Å². The summed E-state index contributed by atoms with van der Waals surface area (Å²) in [4.78, 5) is 16.3. The van der Waals surface area contributed by atoms with E-state index in [1.165, 1.54) is 13.2 Å². The molecule has 0 radical (unpaired) electrons. The van der Waals surface area contributed by atoms with Crippen molar-refractivity contribution in [3.05, 3.63) is 23.8 Å². The van der Waals surface area contributed by atoms with Gasteiger partial charge in [0.05, 0.1) is 12.7 Å². The largest absolute Gasteiger partial charge is 0.507 e. The van der Waals surface area contributed by atoms with Gasteiger partial charge in [-0.25, -0.2) is 0 Å². The summed E-state index contributed by atoms with van der Waals surface area (Å²) in [6, 6.07) is 4.75. The quantitative estimate of drug-likeness (QED) is 0.827. The van der Waals surface area contributed by atoms with Crippen LogP contribution in [0.2, 0.25) is 0 Å². The number of phenolic OH excluding ortho intramolecular Hbond substituents is 1. The van der Waals surface area contributed by atoms with Gasteiger partial charge in [0.25, 0.3) is 5.91 Å². The number of benzene rings is 1. The number of carbonyl (C=O) groups is 1. The first kappa shape index (κ1) is 16.3. The molecular formula is C15H24N2O3. The highest BCUT2D eigenvalue weighted by molar-refractivity contribution is 5.97. The summed E-state index contributed by atoms with van der Waals surface area (Å²) >= 11 is 0. The Labute approximate surface area is 120 Å². The highest BCUT2D eigenvalue weighted by Gasteiger charge is 2.18. The minimum absolute atomic E-state index is 0.0414. The molecule has 1 rings (SSSR count). The maximum atomic E-state index is 12.5. The summed E-state index contributed by atoms with van der Waals surface area (Å²) in [6.45, 7) is 4.15. The summed E-state index contributed by atoms with van der Waals surface area (Å²) in [5.74, 6) is 0.351. The highest BCUT2D eigenvalue weighted by atomic mass is 16.5. The van der Waals surface area contributed by atoms with E-state index in [-0.39, 0.29) is 11.7 Å². The van der Waals surface area contributed by atoms with Crippen LogP contribution in [0.4, 0.5) is 0 Å². The number of ether oxygens (including phenoxy) is 1. The first-order chi connectivity index (χ1) is 9.49. The second-order valence-corrected chi connectivity index (χ2v) is 4.98. The van der Waals surface area contributed by atoms with Crippen LogP contribution in [0.5, 0.6) is 11.5 Å². The number of hydrogen-bond donors (Lipinski definition) is 1. The van der Waals surface area contributed by atoms with Crippen molar-refractivity contribution in [3.8, 4) is 11.5 Å². The molecule has 5 nitrogen and oxygen atoms in total. The Morgan fingerprint density at radius 3 is 2.45 bits per heavy atom. The van der Waals surface area contributed by atoms with Crippen LogP contribution in [-0.2, 0) is 0 Å². The molecule has 20 heavy (non-hydrogen) atoms. The topological polar surface area (TPSA) is 53.0 Å². The van der Waals surface area contributed by atoms with Gasteiger partial charge in [0.2, 0.25) is 0 Å². The second-order valence-electron chi connectivity index (χ2n) is 4.98. The third-order valence-corrected chi connectivity index (χ3v) is 3.03. The number of nitrogens with zero attached hydrogens (tertiary/aromatic N) is 2. The number of likely N-dealkylation sites (N-methyl/N-ethyl adjacent to an activating group) is 1. The fraction of sp³-hybridized carbons (Fsp3) is 0.533. The molecule has 0 bridgehead atoms. The number of hydrogen-bond acceptors (Lipinski definition) is 4. The van der Waals surface area contributed by atoms with E-state index in [9.17, 15) is 9.90 Å². The number of phenols is 1. The zero-order valence-corrected chi connectivity index (χ0v) is 12.7. The molecule has 0 aromatic heterocycles. The minimum atomic E-state index is -0.145. The number of methoxy groups -OCH3 is 1. The summed E-state index contributed by atoms with van der Waals surface area (Å²) in [5.41, 5.74) is 0.318. The van der Waals surface area contributed by atoms with Gasteiger partial charge in [-0.05, 0) is 32.6 Å². The van der Waals surface area contributed by atoms with E-state index in [4.69, 9.17) is 4.74 Å². The summed E-state index contributed by atoms with van der Waals surface area (Å²) in [6.07, 6.45) is 0.885. The summed E-state index contributed by atoms with van der Waals surface area (Å²) in [5, 5.41) is 9.95. The van der Waals surface area contributed by atoms with Crippen LogP contribution < -0.4 is 4.74 Å². The van der Waals surface area contributed by atoms with Crippen molar-refractivity contribution in [1.29, 1.82) is 0 Å². The SMILES string of the molecule is CCCN(CCN(C)C)C(=O)c1ccc(OC)cc1O. The molecule has 0 aliphatic carbocycles. The summed E-state index contributed by atoms with van der Waals surface area (Å²) < 4.78 is 5.03. The number of aromatic hydroxyl groups is 1. The van der Waals surface area contributed by atoms with Crippen molar-refractivity contribution in [1.82, 2.24) is 9.80 Å². The molecule has 0 aliphatic rings. The third-order valence-electron chi connectivity index (χ3n) is 3.03. The molecule has 1 aromatic carbocycles. The predicted octanol–water partition coefficient (Wildman–Crippen LogP) is 1.81. The van der Waals surface area contributed by atoms with E-state index in [2.05, 4.69) is 0 Å². The molecule has 0 saturated heterocycles. The van der Waals surface area contributed by atoms with Gasteiger partial charge < -0.3 is 19.6 Å². The second kappa shape index (κ2) is 7.75. The molecule has 0 aliphatic heterocycles. The Bertz CT molecular complexity index is 447. The van der Waals surface area contributed by atoms with Crippen molar-refractivity contribution in [3.63, 3.8) is 0 Å². The van der Waals surface area contributed by atoms with Gasteiger partial charge in [-0.15, -0.1) is 0 Å². The molecule has 0 fully saturated rings. The zero-order valence-electron chi connectivity index (χ0n) is 12.7. The van der Waals surface area contributed by atoms with Gasteiger partial charge in [0.1, 0.15) is 11.5 Å². The van der Waals surface area contributed by atoms with Gasteiger partial charge in [0, 0.05) is 25.7 Å². The fourth-order valence-electron chi connectivity index (χ4n) is 1.90. The van der Waals surface area contributed by atoms with E-state index >= 15 is 0 Å². The lowest BCUT2D eigenvalue weighted by molar-refractivity contribution is 0.0742. The molecule has 0 heterocycles. The Kier molecular flexibility index (Phi) is 6.31. The standard InChI is InChI=1S/C15H24N2O3/c1-5-8-17(10-9-16(2)3)15(19)13-7-6-12(20-4)11-14(13)18/h6-7,11,18H,5,8-10H2,1-4H3. The Hall–Kier alpha value is -1.75. The molecule has 112 valence electrons. The van der Waals surface area contributed by atoms with Gasteiger partial charge in [-0.3, -0.25) is 4.79 Å². The molecule has 1 aromatic rings. The average molecular weight is 280 g/mol. The van der Waals surface area contributed by atoms with E-state index in [0.29, 0.717) is 24.4 Å². The lowest BCUT2D eigenvalue weighted by Gasteiger charge is -2.24. The molecular weight excluding hydrogens is 256 g/mol. The first-order valence-electron chi connectivity index (χ1n) is 6.80. The van der Waals surface area contributed by atoms with Crippen molar-refractivity contribution in [2.75, 3.05) is 40.8 Å². The smallest absolute Gasteiger partial charge is 0.257 e. The lowest BCUT2D eigenvalue weighted by atomic mass is 10.1. The van der Waals surface area contributed by atoms with Gasteiger partial charge in [0.15, 0.2) is 0 Å². The number of carbonyl (C=O) groups excluding carboxylic acids is 1. The molecule has 5 heteroatoms. The van der Waals surface area contributed by atoms with Crippen LogP contribution >= 0.6 is 0 Å². The Morgan fingerprint density at radius 1 is 1.25 bits per heavy atom. The van der Waals surface area contributed by atoms with E-state index in [0.717, 1.165) is 13.0 Å². The molecule has 0 atom stereocenters. The summed E-state index contributed by atoms with van der Waals surface area (Å²) in [7, 11) is 5.47. The monoisotopic (exact) mass is 280 g/mol. The molecule has 0 saturated carbocycles. The van der Waals surface area contributed by atoms with E-state index < -0.39 is 0 Å². The van der Waals surface area contributed by atoms with Crippen molar-refractivity contribution >= 4 is 5.91 Å². The Balaban J connectivity index is 2.88. The Morgan fingerprint density at radius 2 is 1.95 bits per heavy atom. The van der Waals surface area contributed by atoms with Crippen molar-refractivity contribution in [2.45, 2.75) is 13.3 Å². The zero-order chi connectivity index (χ0) is 15.1. The fourth-order valence-corrected chi connectivity index (χ4v) is 1.90. The maximum absolute atomic E-state index is 12.5. The average Bonchev–Trinajstić information content (AvgIpc) is 2.42. The maximum Gasteiger partial charge on any atom is 0.257 e. The van der Waals surface area contributed by atoms with Crippen LogP contribution in [0.15, 0.2) is 18.2 Å². The van der Waals surface area contributed by atoms with Crippen LogP contribution in [0, 0.1) is 0 Å². The number of amides is 1. The highest BCUT2D eigenvalue weighted by Crippen LogP contribution is 2.24. The van der Waals surface area contributed by atoms with Crippen LogP contribution in [0.3, 0.4) is 0 Å². The molecule has 0 spiro atoms. The van der Waals surface area contributed by atoms with Crippen LogP contribution in [-0.4, -0.2) is 61.7 Å². The predicted molar refractivity (Wildman–Crippen MR) is 79.4 cm³/mol. The minimum Gasteiger partial charge on any atom is -0.507 e. The molecule has 1 amide bonds. The lowest BCUT2D eigenvalue weighted by Crippen LogP contribution is -2.37. The van der Waals surface area contributed by atoms with Crippen LogP contribution in [0.1, 0.15) is 23.7 Å². The third kappa shape index (κ3) is 4.42. The molecule has 0 unspecified atom stereocenters. The number of rotatable bonds is 7.